The van der Waals surface area contributed by atoms with Gasteiger partial charge in [0.1, 0.15) is 5.75 Å². The molecule has 3 rings (SSSR count). The highest BCUT2D eigenvalue weighted by Gasteiger charge is 2.34. The molecule has 0 radical (unpaired) electrons. The van der Waals surface area contributed by atoms with Crippen LogP contribution < -0.4 is 4.74 Å². The van der Waals surface area contributed by atoms with Crippen LogP contribution in [0.2, 0.25) is 5.02 Å². The van der Waals surface area contributed by atoms with Crippen LogP contribution in [0.15, 0.2) is 48.5 Å². The highest BCUT2D eigenvalue weighted by atomic mass is 35.5. The zero-order valence-electron chi connectivity index (χ0n) is 12.7. The summed E-state index contributed by atoms with van der Waals surface area (Å²) in [6.45, 7) is 0.171. The number of para-hydroxylation sites is 1. The summed E-state index contributed by atoms with van der Waals surface area (Å²) in [6.07, 6.45) is 0.410. The molecule has 6 heteroatoms. The van der Waals surface area contributed by atoms with E-state index in [0.717, 1.165) is 4.90 Å². The van der Waals surface area contributed by atoms with Crippen LogP contribution in [0.3, 0.4) is 0 Å². The fraction of sp³-hybridized carbons (Fsp3) is 0.167. The molecule has 122 valence electrons. The van der Waals surface area contributed by atoms with Crippen LogP contribution >= 0.6 is 11.6 Å². The molecular formula is C18H14ClNO4. The minimum absolute atomic E-state index is 0.0820. The standard InChI is InChI=1S/C18H14ClNO4/c19-14-8-3-4-9-15(14)24-16(21)10-5-11-20-17(22)12-6-1-2-7-13(12)18(20)23/h1-4,6-9H,5,10-11H2. The van der Waals surface area contributed by atoms with Crippen molar-refractivity contribution in [3.8, 4) is 5.75 Å². The van der Waals surface area contributed by atoms with E-state index in [9.17, 15) is 14.4 Å². The van der Waals surface area contributed by atoms with Crippen LogP contribution in [0.1, 0.15) is 33.6 Å². The SMILES string of the molecule is O=C(CCCN1C(=O)c2ccccc2C1=O)Oc1ccccc1Cl. The quantitative estimate of drug-likeness (QED) is 0.474. The number of rotatable bonds is 5. The molecule has 2 aromatic carbocycles. The summed E-state index contributed by atoms with van der Waals surface area (Å²) in [5, 5.41) is 0.353. The Bertz CT molecular complexity index is 783. The predicted octanol–water partition coefficient (Wildman–Crippen LogP) is 3.32. The van der Waals surface area contributed by atoms with Gasteiger partial charge in [-0.1, -0.05) is 35.9 Å². The summed E-state index contributed by atoms with van der Waals surface area (Å²) in [6, 6.07) is 13.4. The molecule has 1 aliphatic heterocycles. The average molecular weight is 344 g/mol. The molecule has 0 unspecified atom stereocenters. The van der Waals surface area contributed by atoms with E-state index in [1.807, 2.05) is 0 Å². The topological polar surface area (TPSA) is 63.7 Å². The van der Waals surface area contributed by atoms with Crippen molar-refractivity contribution in [2.45, 2.75) is 12.8 Å². The Kier molecular flexibility index (Phi) is 4.62. The zero-order valence-corrected chi connectivity index (χ0v) is 13.5. The Morgan fingerprint density at radius 1 is 0.958 bits per heavy atom. The highest BCUT2D eigenvalue weighted by Crippen LogP contribution is 2.24. The van der Waals surface area contributed by atoms with E-state index in [1.165, 1.54) is 0 Å². The largest absolute Gasteiger partial charge is 0.425 e. The maximum Gasteiger partial charge on any atom is 0.311 e. The van der Waals surface area contributed by atoms with Gasteiger partial charge in [0.15, 0.2) is 0 Å². The number of hydrogen-bond donors (Lipinski definition) is 0. The molecule has 1 heterocycles. The number of halogens is 1. The van der Waals surface area contributed by atoms with E-state index >= 15 is 0 Å². The van der Waals surface area contributed by atoms with E-state index in [1.54, 1.807) is 48.5 Å². The minimum Gasteiger partial charge on any atom is -0.425 e. The lowest BCUT2D eigenvalue weighted by Gasteiger charge is -2.13. The van der Waals surface area contributed by atoms with Gasteiger partial charge in [-0.25, -0.2) is 0 Å². The van der Waals surface area contributed by atoms with Crippen molar-refractivity contribution >= 4 is 29.4 Å². The Morgan fingerprint density at radius 2 is 1.54 bits per heavy atom. The highest BCUT2D eigenvalue weighted by molar-refractivity contribution is 6.32. The van der Waals surface area contributed by atoms with E-state index in [0.29, 0.717) is 28.3 Å². The second-order valence-corrected chi connectivity index (χ2v) is 5.72. The molecule has 0 aromatic heterocycles. The normalized spacial score (nSPS) is 13.1. The second-order valence-electron chi connectivity index (χ2n) is 5.32. The molecular weight excluding hydrogens is 330 g/mol. The molecule has 0 atom stereocenters. The molecule has 1 aliphatic rings. The zero-order chi connectivity index (χ0) is 17.1. The smallest absolute Gasteiger partial charge is 0.311 e. The van der Waals surface area contributed by atoms with Gasteiger partial charge in [-0.3, -0.25) is 19.3 Å². The molecule has 0 saturated carbocycles. The van der Waals surface area contributed by atoms with Gasteiger partial charge in [0.25, 0.3) is 11.8 Å². The molecule has 24 heavy (non-hydrogen) atoms. The van der Waals surface area contributed by atoms with Crippen LogP contribution in [0.25, 0.3) is 0 Å². The Morgan fingerprint density at radius 3 is 2.17 bits per heavy atom. The number of benzene rings is 2. The summed E-state index contributed by atoms with van der Waals surface area (Å²) >= 11 is 5.92. The number of esters is 1. The molecule has 0 spiro atoms. The molecule has 0 bridgehead atoms. The Balaban J connectivity index is 1.54. The van der Waals surface area contributed by atoms with E-state index < -0.39 is 5.97 Å². The number of imide groups is 1. The minimum atomic E-state index is -0.459. The number of carbonyl (C=O) groups is 3. The number of nitrogens with zero attached hydrogens (tertiary/aromatic N) is 1. The van der Waals surface area contributed by atoms with E-state index in [4.69, 9.17) is 16.3 Å². The second kappa shape index (κ2) is 6.84. The summed E-state index contributed by atoms with van der Waals surface area (Å²) in [7, 11) is 0. The molecule has 0 N–H and O–H groups in total. The maximum atomic E-state index is 12.2. The van der Waals surface area contributed by atoms with Crippen LogP contribution in [0.5, 0.6) is 5.75 Å². The van der Waals surface area contributed by atoms with Crippen molar-refractivity contribution < 1.29 is 19.1 Å². The monoisotopic (exact) mass is 343 g/mol. The number of fused-ring (bicyclic) bond motifs is 1. The molecule has 2 amide bonds. The van der Waals surface area contributed by atoms with Crippen LogP contribution in [-0.4, -0.2) is 29.2 Å². The first-order valence-corrected chi connectivity index (χ1v) is 7.86. The van der Waals surface area contributed by atoms with Gasteiger partial charge in [0.05, 0.1) is 16.1 Å². The maximum absolute atomic E-state index is 12.2. The van der Waals surface area contributed by atoms with Gasteiger partial charge in [-0.2, -0.15) is 0 Å². The first kappa shape index (κ1) is 16.2. The summed E-state index contributed by atoms with van der Waals surface area (Å²) in [4.78, 5) is 37.4. The molecule has 0 saturated heterocycles. The first-order chi connectivity index (χ1) is 11.6. The summed E-state index contributed by atoms with van der Waals surface area (Å²) in [5.74, 6) is -0.810. The lowest BCUT2D eigenvalue weighted by molar-refractivity contribution is -0.134. The third-order valence-corrected chi connectivity index (χ3v) is 4.01. The predicted molar refractivity (Wildman–Crippen MR) is 88.1 cm³/mol. The van der Waals surface area contributed by atoms with Gasteiger partial charge in [-0.15, -0.1) is 0 Å². The van der Waals surface area contributed by atoms with E-state index in [-0.39, 0.29) is 24.8 Å². The van der Waals surface area contributed by atoms with E-state index in [2.05, 4.69) is 0 Å². The molecule has 0 fully saturated rings. The lowest BCUT2D eigenvalue weighted by Crippen LogP contribution is -2.31. The molecule has 2 aromatic rings. The van der Waals surface area contributed by atoms with Gasteiger partial charge in [0, 0.05) is 13.0 Å². The van der Waals surface area contributed by atoms with Gasteiger partial charge in [-0.05, 0) is 30.7 Å². The fourth-order valence-corrected chi connectivity index (χ4v) is 2.70. The lowest BCUT2D eigenvalue weighted by atomic mass is 10.1. The number of hydrogen-bond acceptors (Lipinski definition) is 4. The van der Waals surface area contributed by atoms with Crippen molar-refractivity contribution in [3.05, 3.63) is 64.7 Å². The summed E-state index contributed by atoms with van der Waals surface area (Å²) < 4.78 is 5.17. The Labute approximate surface area is 143 Å². The third kappa shape index (κ3) is 3.16. The third-order valence-electron chi connectivity index (χ3n) is 3.70. The summed E-state index contributed by atoms with van der Waals surface area (Å²) in [5.41, 5.74) is 0.808. The van der Waals surface area contributed by atoms with Gasteiger partial charge in [0.2, 0.25) is 0 Å². The van der Waals surface area contributed by atoms with Crippen molar-refractivity contribution in [3.63, 3.8) is 0 Å². The van der Waals surface area contributed by atoms with Crippen LogP contribution in [0, 0.1) is 0 Å². The van der Waals surface area contributed by atoms with Crippen LogP contribution in [0.4, 0.5) is 0 Å². The van der Waals surface area contributed by atoms with Crippen molar-refractivity contribution in [1.82, 2.24) is 4.90 Å². The van der Waals surface area contributed by atoms with Crippen molar-refractivity contribution in [2.75, 3.05) is 6.54 Å². The average Bonchev–Trinajstić information content (AvgIpc) is 2.82. The van der Waals surface area contributed by atoms with Gasteiger partial charge < -0.3 is 4.74 Å². The Hall–Kier alpha value is -2.66. The molecule has 0 aliphatic carbocycles. The number of ether oxygens (including phenoxy) is 1. The number of carbonyl (C=O) groups excluding carboxylic acids is 3. The first-order valence-electron chi connectivity index (χ1n) is 7.48. The van der Waals surface area contributed by atoms with Crippen LogP contribution in [-0.2, 0) is 4.79 Å². The van der Waals surface area contributed by atoms with Crippen molar-refractivity contribution in [1.29, 1.82) is 0 Å². The molecule has 5 nitrogen and oxygen atoms in total. The number of amides is 2. The van der Waals surface area contributed by atoms with Crippen molar-refractivity contribution in [2.24, 2.45) is 0 Å². The fourth-order valence-electron chi connectivity index (χ4n) is 2.52. The van der Waals surface area contributed by atoms with Gasteiger partial charge >= 0.3 is 5.97 Å².